The van der Waals surface area contributed by atoms with Crippen molar-refractivity contribution in [2.75, 3.05) is 25.7 Å². The lowest BCUT2D eigenvalue weighted by Gasteiger charge is -2.33. The standard InChI is InChI=1S/C31H43N3O6S/c1-21(2)19-39-15-16-40-30(38)33-25(17-23-12-7-6-8-13-23)26(35)29(37)34-20-41-31(4,5)27(34)28(36)32-18-24-14-10-9-11-22(24)3/h6-14,21,25-27,35H,15-20H2,1-5H3,(H,32,36)(H,33,38)/t25-,26-,27+/m0/s1. The van der Waals surface area contributed by atoms with Gasteiger partial charge in [0.05, 0.1) is 18.5 Å². The summed E-state index contributed by atoms with van der Waals surface area (Å²) in [7, 11) is 0. The highest BCUT2D eigenvalue weighted by Crippen LogP contribution is 2.40. The Labute approximate surface area is 247 Å². The fourth-order valence-corrected chi connectivity index (χ4v) is 5.80. The number of amides is 3. The molecule has 1 aliphatic heterocycles. The lowest BCUT2D eigenvalue weighted by Crippen LogP contribution is -2.58. The van der Waals surface area contributed by atoms with Gasteiger partial charge >= 0.3 is 6.09 Å². The number of aliphatic hydroxyl groups excluding tert-OH is 1. The summed E-state index contributed by atoms with van der Waals surface area (Å²) in [5.74, 6) is -0.318. The van der Waals surface area contributed by atoms with Gasteiger partial charge in [0.1, 0.15) is 12.6 Å². The van der Waals surface area contributed by atoms with E-state index in [1.54, 1.807) is 0 Å². The molecule has 0 radical (unpaired) electrons. The summed E-state index contributed by atoms with van der Waals surface area (Å²) in [5.41, 5.74) is 2.88. The summed E-state index contributed by atoms with van der Waals surface area (Å²) in [6.45, 7) is 11.0. The van der Waals surface area contributed by atoms with Crippen molar-refractivity contribution >= 4 is 29.7 Å². The molecule has 1 saturated heterocycles. The molecule has 3 amide bonds. The number of alkyl carbamates (subject to hydrolysis) is 1. The van der Waals surface area contributed by atoms with E-state index in [9.17, 15) is 19.5 Å². The van der Waals surface area contributed by atoms with Gasteiger partial charge in [-0.15, -0.1) is 11.8 Å². The van der Waals surface area contributed by atoms with Crippen molar-refractivity contribution in [1.29, 1.82) is 0 Å². The van der Waals surface area contributed by atoms with Crippen molar-refractivity contribution in [3.8, 4) is 0 Å². The van der Waals surface area contributed by atoms with E-state index in [2.05, 4.69) is 10.6 Å². The molecule has 2 aromatic rings. The number of aliphatic hydroxyl groups is 1. The number of thioether (sulfide) groups is 1. The van der Waals surface area contributed by atoms with E-state index in [1.165, 1.54) is 16.7 Å². The van der Waals surface area contributed by atoms with Gasteiger partial charge < -0.3 is 30.1 Å². The van der Waals surface area contributed by atoms with Crippen LogP contribution in [0.5, 0.6) is 0 Å². The van der Waals surface area contributed by atoms with E-state index in [-0.39, 0.29) is 31.4 Å². The molecule has 2 aromatic carbocycles. The Balaban J connectivity index is 1.71. The Bertz CT molecular complexity index is 1160. The summed E-state index contributed by atoms with van der Waals surface area (Å²) < 4.78 is 10.1. The smallest absolute Gasteiger partial charge is 0.407 e. The molecule has 9 nitrogen and oxygen atoms in total. The minimum Gasteiger partial charge on any atom is -0.447 e. The SMILES string of the molecule is Cc1ccccc1CNC(=O)[C@H]1N(C(=O)[C@@H](O)[C@H](Cc2ccccc2)NC(=O)OCCOCC(C)C)CSC1(C)C. The number of hydrogen-bond donors (Lipinski definition) is 3. The van der Waals surface area contributed by atoms with Crippen molar-refractivity contribution in [1.82, 2.24) is 15.5 Å². The number of hydrogen-bond acceptors (Lipinski definition) is 7. The van der Waals surface area contributed by atoms with Gasteiger partial charge in [-0.3, -0.25) is 9.59 Å². The number of aryl methyl sites for hydroxylation is 1. The van der Waals surface area contributed by atoms with Gasteiger partial charge in [0.2, 0.25) is 5.91 Å². The molecule has 1 aliphatic rings. The number of ether oxygens (including phenoxy) is 2. The molecule has 3 rings (SSSR count). The molecule has 3 atom stereocenters. The molecule has 1 heterocycles. The summed E-state index contributed by atoms with van der Waals surface area (Å²) in [4.78, 5) is 41.2. The molecule has 0 aliphatic carbocycles. The van der Waals surface area contributed by atoms with E-state index in [0.29, 0.717) is 19.1 Å². The van der Waals surface area contributed by atoms with Crippen LogP contribution < -0.4 is 10.6 Å². The normalized spacial score (nSPS) is 17.6. The van der Waals surface area contributed by atoms with E-state index in [0.717, 1.165) is 16.7 Å². The van der Waals surface area contributed by atoms with Crippen molar-refractivity contribution in [2.45, 2.75) is 70.5 Å². The van der Waals surface area contributed by atoms with Gasteiger partial charge in [-0.2, -0.15) is 0 Å². The van der Waals surface area contributed by atoms with Gasteiger partial charge in [-0.05, 0) is 49.8 Å². The molecule has 10 heteroatoms. The van der Waals surface area contributed by atoms with Crippen molar-refractivity contribution in [3.63, 3.8) is 0 Å². The first-order chi connectivity index (χ1) is 19.5. The Kier molecular flexibility index (Phi) is 12.1. The summed E-state index contributed by atoms with van der Waals surface area (Å²) in [5, 5.41) is 16.9. The first-order valence-corrected chi connectivity index (χ1v) is 15.0. The van der Waals surface area contributed by atoms with Crippen molar-refractivity contribution < 1.29 is 29.0 Å². The Morgan fingerprint density at radius 2 is 1.76 bits per heavy atom. The van der Waals surface area contributed by atoms with Crippen LogP contribution in [0.3, 0.4) is 0 Å². The maximum Gasteiger partial charge on any atom is 0.407 e. The van der Waals surface area contributed by atoms with Gasteiger partial charge in [0.25, 0.3) is 5.91 Å². The zero-order valence-electron chi connectivity index (χ0n) is 24.6. The van der Waals surface area contributed by atoms with Crippen LogP contribution in [-0.2, 0) is 32.0 Å². The van der Waals surface area contributed by atoms with Crippen LogP contribution in [0.15, 0.2) is 54.6 Å². The molecular weight excluding hydrogens is 542 g/mol. The average molecular weight is 586 g/mol. The second kappa shape index (κ2) is 15.2. The lowest BCUT2D eigenvalue weighted by molar-refractivity contribution is -0.147. The predicted molar refractivity (Wildman–Crippen MR) is 160 cm³/mol. The van der Waals surface area contributed by atoms with E-state index < -0.39 is 34.9 Å². The first-order valence-electron chi connectivity index (χ1n) is 14.0. The van der Waals surface area contributed by atoms with E-state index in [4.69, 9.17) is 9.47 Å². The summed E-state index contributed by atoms with van der Waals surface area (Å²) in [6.07, 6.45) is -2.16. The number of nitrogens with one attached hydrogen (secondary N) is 2. The molecule has 41 heavy (non-hydrogen) atoms. The van der Waals surface area contributed by atoms with Crippen molar-refractivity contribution in [2.24, 2.45) is 5.92 Å². The first kappa shape index (κ1) is 32.4. The Morgan fingerprint density at radius 3 is 2.44 bits per heavy atom. The quantitative estimate of drug-likeness (QED) is 0.307. The molecule has 0 aromatic heterocycles. The van der Waals surface area contributed by atoms with Gasteiger partial charge in [-0.1, -0.05) is 68.4 Å². The third-order valence-electron chi connectivity index (χ3n) is 6.94. The van der Waals surface area contributed by atoms with Crippen molar-refractivity contribution in [3.05, 3.63) is 71.3 Å². The lowest BCUT2D eigenvalue weighted by atomic mass is 9.97. The molecule has 1 fully saturated rings. The molecule has 0 unspecified atom stereocenters. The van der Waals surface area contributed by atoms with Crippen LogP contribution in [0, 0.1) is 12.8 Å². The molecule has 0 saturated carbocycles. The summed E-state index contributed by atoms with van der Waals surface area (Å²) in [6, 6.07) is 15.3. The topological polar surface area (TPSA) is 117 Å². The number of carbonyl (C=O) groups is 3. The van der Waals surface area contributed by atoms with Crippen LogP contribution in [0.4, 0.5) is 4.79 Å². The average Bonchev–Trinajstić information content (AvgIpc) is 3.26. The number of rotatable bonds is 13. The monoisotopic (exact) mass is 585 g/mol. The fraction of sp³-hybridized carbons (Fsp3) is 0.516. The number of benzene rings is 2. The zero-order chi connectivity index (χ0) is 30.0. The van der Waals surface area contributed by atoms with E-state index >= 15 is 0 Å². The molecule has 0 bridgehead atoms. The highest BCUT2D eigenvalue weighted by atomic mass is 32.2. The maximum absolute atomic E-state index is 13.7. The predicted octanol–water partition coefficient (Wildman–Crippen LogP) is 3.66. The third-order valence-corrected chi connectivity index (χ3v) is 8.31. The van der Waals surface area contributed by atoms with Crippen LogP contribution in [0.1, 0.15) is 44.4 Å². The van der Waals surface area contributed by atoms with Crippen LogP contribution in [0.25, 0.3) is 0 Å². The number of carbonyl (C=O) groups excluding carboxylic acids is 3. The maximum atomic E-state index is 13.7. The minimum atomic E-state index is -1.60. The largest absolute Gasteiger partial charge is 0.447 e. The fourth-order valence-electron chi connectivity index (χ4n) is 4.66. The molecule has 3 N–H and O–H groups in total. The Hall–Kier alpha value is -3.08. The van der Waals surface area contributed by atoms with Crippen LogP contribution >= 0.6 is 11.8 Å². The van der Waals surface area contributed by atoms with Crippen LogP contribution in [0.2, 0.25) is 0 Å². The van der Waals surface area contributed by atoms with Crippen LogP contribution in [-0.4, -0.2) is 76.5 Å². The second-order valence-electron chi connectivity index (χ2n) is 11.2. The molecular formula is C31H43N3O6S. The minimum absolute atomic E-state index is 0.0424. The van der Waals surface area contributed by atoms with Gasteiger partial charge in [0, 0.05) is 17.9 Å². The third kappa shape index (κ3) is 9.48. The highest BCUT2D eigenvalue weighted by Gasteiger charge is 2.49. The van der Waals surface area contributed by atoms with Gasteiger partial charge in [-0.25, -0.2) is 4.79 Å². The Morgan fingerprint density at radius 1 is 1.07 bits per heavy atom. The molecule has 224 valence electrons. The second-order valence-corrected chi connectivity index (χ2v) is 12.8. The number of nitrogens with zero attached hydrogens (tertiary/aromatic N) is 1. The zero-order valence-corrected chi connectivity index (χ0v) is 25.4. The highest BCUT2D eigenvalue weighted by molar-refractivity contribution is 8.00. The van der Waals surface area contributed by atoms with E-state index in [1.807, 2.05) is 89.2 Å². The molecule has 0 spiro atoms. The van der Waals surface area contributed by atoms with Gasteiger partial charge in [0.15, 0.2) is 6.10 Å². The summed E-state index contributed by atoms with van der Waals surface area (Å²) >= 11 is 1.47.